The maximum atomic E-state index is 12.2. The second kappa shape index (κ2) is 7.38. The van der Waals surface area contributed by atoms with Gasteiger partial charge in [-0.25, -0.2) is 9.59 Å². The fourth-order valence-corrected chi connectivity index (χ4v) is 2.34. The van der Waals surface area contributed by atoms with E-state index in [9.17, 15) is 19.7 Å². The first-order chi connectivity index (χ1) is 12.1. The van der Waals surface area contributed by atoms with Crippen LogP contribution in [0.25, 0.3) is 17.0 Å². The van der Waals surface area contributed by atoms with Gasteiger partial charge in [0.25, 0.3) is 5.69 Å². The summed E-state index contributed by atoms with van der Waals surface area (Å²) >= 11 is 0. The van der Waals surface area contributed by atoms with Crippen LogP contribution in [-0.4, -0.2) is 34.1 Å². The number of carbonyl (C=O) groups is 2. The maximum absolute atomic E-state index is 12.2. The number of aromatic amines is 1. The van der Waals surface area contributed by atoms with E-state index in [0.717, 1.165) is 0 Å². The molecule has 1 aromatic heterocycles. The van der Waals surface area contributed by atoms with Crippen molar-refractivity contribution in [2.45, 2.75) is 33.3 Å². The topological polar surface area (TPSA) is 112 Å². The van der Waals surface area contributed by atoms with Gasteiger partial charge in [-0.15, -0.1) is 0 Å². The molecule has 2 aromatic rings. The second-order valence-corrected chi connectivity index (χ2v) is 6.49. The van der Waals surface area contributed by atoms with Crippen molar-refractivity contribution in [3.05, 3.63) is 45.6 Å². The highest BCUT2D eigenvalue weighted by atomic mass is 16.6. The van der Waals surface area contributed by atoms with Gasteiger partial charge in [-0.2, -0.15) is 0 Å². The predicted molar refractivity (Wildman–Crippen MR) is 95.8 cm³/mol. The molecule has 0 atom stereocenters. The lowest BCUT2D eigenvalue weighted by molar-refractivity contribution is -0.384. The summed E-state index contributed by atoms with van der Waals surface area (Å²) in [6.45, 7) is 7.04. The Bertz CT molecular complexity index is 889. The van der Waals surface area contributed by atoms with Gasteiger partial charge in [-0.3, -0.25) is 10.1 Å². The Morgan fingerprint density at radius 1 is 1.31 bits per heavy atom. The molecular weight excluding hydrogens is 340 g/mol. The summed E-state index contributed by atoms with van der Waals surface area (Å²) in [7, 11) is 0. The average molecular weight is 360 g/mol. The van der Waals surface area contributed by atoms with Gasteiger partial charge >= 0.3 is 11.9 Å². The van der Waals surface area contributed by atoms with Crippen LogP contribution in [0.15, 0.2) is 24.3 Å². The van der Waals surface area contributed by atoms with Crippen LogP contribution in [-0.2, 0) is 14.3 Å². The van der Waals surface area contributed by atoms with Crippen LogP contribution in [0.4, 0.5) is 5.69 Å². The molecule has 0 aliphatic rings. The fraction of sp³-hybridized carbons (Fsp3) is 0.333. The number of non-ortho nitro benzene ring substituents is 1. The van der Waals surface area contributed by atoms with Crippen molar-refractivity contribution in [3.8, 4) is 0 Å². The number of nitrogens with zero attached hydrogens (tertiary/aromatic N) is 1. The number of fused-ring (bicyclic) bond motifs is 1. The quantitative estimate of drug-likeness (QED) is 0.377. The van der Waals surface area contributed by atoms with Gasteiger partial charge in [0, 0.05) is 34.7 Å². The van der Waals surface area contributed by atoms with Crippen molar-refractivity contribution < 1.29 is 24.0 Å². The number of aromatic nitrogens is 1. The zero-order chi connectivity index (χ0) is 19.5. The van der Waals surface area contributed by atoms with Crippen molar-refractivity contribution in [1.82, 2.24) is 4.98 Å². The molecule has 138 valence electrons. The molecule has 0 saturated carbocycles. The van der Waals surface area contributed by atoms with Crippen LogP contribution in [0.3, 0.4) is 0 Å². The molecule has 8 nitrogen and oxygen atoms in total. The Kier molecular flexibility index (Phi) is 5.44. The van der Waals surface area contributed by atoms with E-state index >= 15 is 0 Å². The van der Waals surface area contributed by atoms with Crippen molar-refractivity contribution >= 4 is 34.6 Å². The minimum absolute atomic E-state index is 0.113. The molecule has 0 radical (unpaired) electrons. The highest BCUT2D eigenvalue weighted by Crippen LogP contribution is 2.28. The molecule has 8 heteroatoms. The Morgan fingerprint density at radius 3 is 2.58 bits per heavy atom. The molecule has 0 fully saturated rings. The lowest BCUT2D eigenvalue weighted by Gasteiger charge is -2.17. The molecular formula is C18H20N2O6. The van der Waals surface area contributed by atoms with Crippen LogP contribution >= 0.6 is 0 Å². The third kappa shape index (κ3) is 4.47. The number of nitro groups is 1. The monoisotopic (exact) mass is 360 g/mol. The van der Waals surface area contributed by atoms with E-state index in [1.807, 2.05) is 0 Å². The van der Waals surface area contributed by atoms with Crippen LogP contribution in [0, 0.1) is 10.1 Å². The number of rotatable bonds is 5. The number of hydrogen-bond donors (Lipinski definition) is 1. The SMILES string of the molecule is CCOC(=O)c1[nH]c2ccc([N+](=O)[O-])cc2c1/C=C/C(=O)OC(C)(C)C. The molecule has 0 spiro atoms. The number of benzene rings is 1. The lowest BCUT2D eigenvalue weighted by atomic mass is 10.1. The maximum Gasteiger partial charge on any atom is 0.355 e. The average Bonchev–Trinajstić information content (AvgIpc) is 2.89. The number of H-pyrrole nitrogens is 1. The fourth-order valence-electron chi connectivity index (χ4n) is 2.34. The molecule has 0 unspecified atom stereocenters. The van der Waals surface area contributed by atoms with Crippen LogP contribution in [0.1, 0.15) is 43.7 Å². The summed E-state index contributed by atoms with van der Waals surface area (Å²) in [5, 5.41) is 11.5. The number of carbonyl (C=O) groups excluding carboxylic acids is 2. The van der Waals surface area contributed by atoms with E-state index in [0.29, 0.717) is 16.5 Å². The van der Waals surface area contributed by atoms with Crippen LogP contribution in [0.5, 0.6) is 0 Å². The Labute approximate surface area is 149 Å². The van der Waals surface area contributed by atoms with Gasteiger partial charge in [-0.05, 0) is 39.8 Å². The second-order valence-electron chi connectivity index (χ2n) is 6.49. The largest absolute Gasteiger partial charge is 0.461 e. The van der Waals surface area contributed by atoms with Gasteiger partial charge in [0.2, 0.25) is 0 Å². The minimum atomic E-state index is -0.662. The predicted octanol–water partition coefficient (Wildman–Crippen LogP) is 3.61. The zero-order valence-electron chi connectivity index (χ0n) is 15.0. The molecule has 0 amide bonds. The molecule has 0 bridgehead atoms. The summed E-state index contributed by atoms with van der Waals surface area (Å²) < 4.78 is 10.2. The number of hydrogen-bond acceptors (Lipinski definition) is 6. The Hall–Kier alpha value is -3.16. The Morgan fingerprint density at radius 2 is 2.00 bits per heavy atom. The summed E-state index contributed by atoms with van der Waals surface area (Å²) in [5.41, 5.74) is 0.168. The van der Waals surface area contributed by atoms with Crippen LogP contribution < -0.4 is 0 Å². The van der Waals surface area contributed by atoms with Gasteiger partial charge < -0.3 is 14.5 Å². The minimum Gasteiger partial charge on any atom is -0.461 e. The van der Waals surface area contributed by atoms with Crippen molar-refractivity contribution in [1.29, 1.82) is 0 Å². The summed E-state index contributed by atoms with van der Waals surface area (Å²) in [5.74, 6) is -1.21. The highest BCUT2D eigenvalue weighted by molar-refractivity contribution is 6.04. The summed E-state index contributed by atoms with van der Waals surface area (Å²) in [6.07, 6.45) is 2.57. The summed E-state index contributed by atoms with van der Waals surface area (Å²) in [4.78, 5) is 37.5. The normalized spacial score (nSPS) is 11.7. The van der Waals surface area contributed by atoms with Gasteiger partial charge in [0.05, 0.1) is 11.5 Å². The van der Waals surface area contributed by atoms with Gasteiger partial charge in [-0.1, -0.05) is 0 Å². The molecule has 1 aromatic carbocycles. The zero-order valence-corrected chi connectivity index (χ0v) is 15.0. The van der Waals surface area contributed by atoms with Crippen LogP contribution in [0.2, 0.25) is 0 Å². The number of nitro benzene ring substituents is 1. The molecule has 0 aliphatic carbocycles. The smallest absolute Gasteiger partial charge is 0.355 e. The van der Waals surface area contributed by atoms with Crippen molar-refractivity contribution in [2.24, 2.45) is 0 Å². The van der Waals surface area contributed by atoms with E-state index < -0.39 is 22.5 Å². The van der Waals surface area contributed by atoms with Gasteiger partial charge in [0.1, 0.15) is 11.3 Å². The molecule has 1 N–H and O–H groups in total. The molecule has 2 rings (SSSR count). The first-order valence-electron chi connectivity index (χ1n) is 8.00. The Balaban J connectivity index is 2.53. The van der Waals surface area contributed by atoms with E-state index in [-0.39, 0.29) is 18.0 Å². The first kappa shape index (κ1) is 19.2. The lowest BCUT2D eigenvalue weighted by Crippen LogP contribution is -2.22. The number of ether oxygens (including phenoxy) is 2. The summed E-state index contributed by atoms with van der Waals surface area (Å²) in [6, 6.07) is 4.17. The van der Waals surface area contributed by atoms with E-state index in [1.165, 1.54) is 30.4 Å². The molecule has 0 aliphatic heterocycles. The standard InChI is InChI=1S/C18H20N2O6/c1-5-25-17(22)16-12(7-9-15(21)26-18(2,3)4)13-10-11(20(23)24)6-8-14(13)19-16/h6-10,19H,5H2,1-4H3/b9-7+. The molecule has 0 saturated heterocycles. The third-order valence-corrected chi connectivity index (χ3v) is 3.31. The highest BCUT2D eigenvalue weighted by Gasteiger charge is 2.20. The van der Waals surface area contributed by atoms with E-state index in [2.05, 4.69) is 4.98 Å². The third-order valence-electron chi connectivity index (χ3n) is 3.31. The first-order valence-corrected chi connectivity index (χ1v) is 8.00. The van der Waals surface area contributed by atoms with E-state index in [1.54, 1.807) is 27.7 Å². The molecule has 26 heavy (non-hydrogen) atoms. The van der Waals surface area contributed by atoms with Crippen molar-refractivity contribution in [2.75, 3.05) is 6.61 Å². The number of esters is 2. The van der Waals surface area contributed by atoms with E-state index in [4.69, 9.17) is 9.47 Å². The van der Waals surface area contributed by atoms with Gasteiger partial charge in [0.15, 0.2) is 0 Å². The van der Waals surface area contributed by atoms with Crippen molar-refractivity contribution in [3.63, 3.8) is 0 Å². The number of nitrogens with one attached hydrogen (secondary N) is 1. The molecule has 1 heterocycles.